The maximum Gasteiger partial charge on any atom is 0.405 e. The Hall–Kier alpha value is -2.98. The Morgan fingerprint density at radius 2 is 1.87 bits per heavy atom. The van der Waals surface area contributed by atoms with E-state index in [0.29, 0.717) is 11.1 Å². The van der Waals surface area contributed by atoms with Crippen molar-refractivity contribution in [2.75, 3.05) is 6.54 Å². The van der Waals surface area contributed by atoms with Crippen molar-refractivity contribution in [2.24, 2.45) is 5.73 Å². The summed E-state index contributed by atoms with van der Waals surface area (Å²) in [6.45, 7) is -1.93. The number of nitrogens with one attached hydrogen (secondary N) is 1. The SMILES string of the molecule is NC(=O)c1ccc(-c2nnn(CC(=O)NCC(F)(F)F)n2)cc1. The molecule has 0 atom stereocenters. The van der Waals surface area contributed by atoms with Crippen LogP contribution < -0.4 is 11.1 Å². The molecular weight excluding hydrogens is 317 g/mol. The van der Waals surface area contributed by atoms with E-state index in [-0.39, 0.29) is 5.82 Å². The fourth-order valence-electron chi connectivity index (χ4n) is 1.59. The van der Waals surface area contributed by atoms with Gasteiger partial charge in [0, 0.05) is 11.1 Å². The first-order valence-electron chi connectivity index (χ1n) is 6.26. The summed E-state index contributed by atoms with van der Waals surface area (Å²) in [7, 11) is 0. The number of tetrazole rings is 1. The minimum Gasteiger partial charge on any atom is -0.366 e. The average Bonchev–Trinajstić information content (AvgIpc) is 2.93. The highest BCUT2D eigenvalue weighted by Gasteiger charge is 2.27. The monoisotopic (exact) mass is 328 g/mol. The predicted octanol–water partition coefficient (Wildman–Crippen LogP) is 0.117. The zero-order valence-electron chi connectivity index (χ0n) is 11.5. The summed E-state index contributed by atoms with van der Waals surface area (Å²) in [5.41, 5.74) is 5.92. The molecule has 3 N–H and O–H groups in total. The summed E-state index contributed by atoms with van der Waals surface area (Å²) in [4.78, 5) is 23.2. The molecule has 1 aromatic heterocycles. The van der Waals surface area contributed by atoms with Crippen LogP contribution in [0.25, 0.3) is 11.4 Å². The standard InChI is InChI=1S/C12H11F3N6O2/c13-12(14,15)6-17-9(22)5-21-19-11(18-20-21)8-3-1-7(2-4-8)10(16)23/h1-4H,5-6H2,(H2,16,23)(H,17,22). The fourth-order valence-corrected chi connectivity index (χ4v) is 1.59. The molecule has 2 amide bonds. The van der Waals surface area contributed by atoms with Gasteiger partial charge in [0.15, 0.2) is 0 Å². The van der Waals surface area contributed by atoms with Crippen LogP contribution in [0.5, 0.6) is 0 Å². The number of primary amides is 1. The summed E-state index contributed by atoms with van der Waals surface area (Å²) in [5, 5.41) is 12.8. The van der Waals surface area contributed by atoms with Crippen molar-refractivity contribution in [3.63, 3.8) is 0 Å². The van der Waals surface area contributed by atoms with E-state index in [9.17, 15) is 22.8 Å². The molecule has 0 saturated carbocycles. The second kappa shape index (κ2) is 6.42. The van der Waals surface area contributed by atoms with Crippen LogP contribution in [0.3, 0.4) is 0 Å². The van der Waals surface area contributed by atoms with Gasteiger partial charge in [-0.1, -0.05) is 12.1 Å². The Morgan fingerprint density at radius 3 is 2.43 bits per heavy atom. The third-order valence-electron chi connectivity index (χ3n) is 2.65. The van der Waals surface area contributed by atoms with Crippen molar-refractivity contribution in [1.82, 2.24) is 25.5 Å². The Kier molecular flexibility index (Phi) is 4.57. The first-order valence-corrected chi connectivity index (χ1v) is 6.26. The van der Waals surface area contributed by atoms with Crippen molar-refractivity contribution in [1.29, 1.82) is 0 Å². The minimum absolute atomic E-state index is 0.157. The molecule has 0 bridgehead atoms. The van der Waals surface area contributed by atoms with Crippen LogP contribution in [0.4, 0.5) is 13.2 Å². The van der Waals surface area contributed by atoms with Crippen molar-refractivity contribution in [3.05, 3.63) is 29.8 Å². The molecule has 0 aliphatic carbocycles. The second-order valence-corrected chi connectivity index (χ2v) is 4.48. The smallest absolute Gasteiger partial charge is 0.366 e. The van der Waals surface area contributed by atoms with Crippen molar-refractivity contribution >= 4 is 11.8 Å². The van der Waals surface area contributed by atoms with E-state index in [1.54, 1.807) is 5.32 Å². The highest BCUT2D eigenvalue weighted by molar-refractivity contribution is 5.93. The lowest BCUT2D eigenvalue weighted by atomic mass is 10.1. The molecule has 0 spiro atoms. The number of rotatable bonds is 5. The van der Waals surface area contributed by atoms with Crippen LogP contribution in [0.2, 0.25) is 0 Å². The van der Waals surface area contributed by atoms with E-state index in [4.69, 9.17) is 5.73 Å². The van der Waals surface area contributed by atoms with Gasteiger partial charge in [-0.2, -0.15) is 18.0 Å². The first-order chi connectivity index (χ1) is 10.7. The zero-order chi connectivity index (χ0) is 17.0. The molecule has 0 aliphatic rings. The maximum absolute atomic E-state index is 12.0. The third kappa shape index (κ3) is 4.76. The molecule has 122 valence electrons. The minimum atomic E-state index is -4.49. The number of carbonyl (C=O) groups excluding carboxylic acids is 2. The Bertz CT molecular complexity index is 710. The summed E-state index contributed by atoms with van der Waals surface area (Å²) in [6, 6.07) is 6.00. The summed E-state index contributed by atoms with van der Waals surface area (Å²) >= 11 is 0. The number of aromatic nitrogens is 4. The van der Waals surface area contributed by atoms with E-state index in [1.165, 1.54) is 24.3 Å². The van der Waals surface area contributed by atoms with E-state index in [2.05, 4.69) is 15.4 Å². The topological polar surface area (TPSA) is 116 Å². The molecule has 0 unspecified atom stereocenters. The van der Waals surface area contributed by atoms with Crippen LogP contribution >= 0.6 is 0 Å². The molecule has 1 heterocycles. The van der Waals surface area contributed by atoms with Crippen molar-refractivity contribution < 1.29 is 22.8 Å². The molecule has 2 aromatic rings. The van der Waals surface area contributed by atoms with Crippen molar-refractivity contribution in [2.45, 2.75) is 12.7 Å². The van der Waals surface area contributed by atoms with Gasteiger partial charge in [-0.25, -0.2) is 0 Å². The van der Waals surface area contributed by atoms with E-state index in [1.807, 2.05) is 0 Å². The number of alkyl halides is 3. The third-order valence-corrected chi connectivity index (χ3v) is 2.65. The zero-order valence-corrected chi connectivity index (χ0v) is 11.5. The van der Waals surface area contributed by atoms with Gasteiger partial charge in [-0.15, -0.1) is 10.2 Å². The van der Waals surface area contributed by atoms with Crippen LogP contribution in [0, 0.1) is 0 Å². The Labute approximate surface area is 127 Å². The molecule has 0 fully saturated rings. The normalized spacial score (nSPS) is 11.3. The molecule has 2 rings (SSSR count). The Balaban J connectivity index is 2.00. The number of hydrogen-bond donors (Lipinski definition) is 2. The van der Waals surface area contributed by atoms with E-state index < -0.39 is 31.1 Å². The number of halogens is 3. The second-order valence-electron chi connectivity index (χ2n) is 4.48. The number of hydrogen-bond acceptors (Lipinski definition) is 5. The van der Waals surface area contributed by atoms with Crippen LogP contribution in [0.1, 0.15) is 10.4 Å². The molecule has 8 nitrogen and oxygen atoms in total. The van der Waals surface area contributed by atoms with Gasteiger partial charge in [0.05, 0.1) is 0 Å². The maximum atomic E-state index is 12.0. The summed E-state index contributed by atoms with van der Waals surface area (Å²) in [6.07, 6.45) is -4.49. The molecule has 0 radical (unpaired) electrons. The molecule has 0 saturated heterocycles. The summed E-state index contributed by atoms with van der Waals surface area (Å²) < 4.78 is 35.9. The molecular formula is C12H11F3N6O2. The van der Waals surface area contributed by atoms with Crippen LogP contribution in [0.15, 0.2) is 24.3 Å². The highest BCUT2D eigenvalue weighted by atomic mass is 19.4. The van der Waals surface area contributed by atoms with Gasteiger partial charge < -0.3 is 11.1 Å². The average molecular weight is 328 g/mol. The molecule has 11 heteroatoms. The first kappa shape index (κ1) is 16.4. The van der Waals surface area contributed by atoms with Crippen LogP contribution in [-0.4, -0.2) is 44.7 Å². The fraction of sp³-hybridized carbons (Fsp3) is 0.250. The van der Waals surface area contributed by atoms with E-state index in [0.717, 1.165) is 4.80 Å². The lowest BCUT2D eigenvalue weighted by Gasteiger charge is -2.07. The molecule has 1 aromatic carbocycles. The highest BCUT2D eigenvalue weighted by Crippen LogP contribution is 2.14. The van der Waals surface area contributed by atoms with Gasteiger partial charge >= 0.3 is 6.18 Å². The van der Waals surface area contributed by atoms with Gasteiger partial charge in [0.25, 0.3) is 0 Å². The predicted molar refractivity (Wildman–Crippen MR) is 70.8 cm³/mol. The molecule has 23 heavy (non-hydrogen) atoms. The Morgan fingerprint density at radius 1 is 1.22 bits per heavy atom. The number of benzene rings is 1. The number of carbonyl (C=O) groups is 2. The number of nitrogens with zero attached hydrogens (tertiary/aromatic N) is 4. The van der Waals surface area contributed by atoms with Gasteiger partial charge in [-0.05, 0) is 17.3 Å². The van der Waals surface area contributed by atoms with Gasteiger partial charge in [0.2, 0.25) is 17.6 Å². The molecule has 0 aliphatic heterocycles. The van der Waals surface area contributed by atoms with Crippen molar-refractivity contribution in [3.8, 4) is 11.4 Å². The van der Waals surface area contributed by atoms with Crippen LogP contribution in [-0.2, 0) is 11.3 Å². The quantitative estimate of drug-likeness (QED) is 0.808. The largest absolute Gasteiger partial charge is 0.405 e. The lowest BCUT2D eigenvalue weighted by molar-refractivity contribution is -0.139. The lowest BCUT2D eigenvalue weighted by Crippen LogP contribution is -2.36. The number of amides is 2. The van der Waals surface area contributed by atoms with Gasteiger partial charge in [0.1, 0.15) is 13.1 Å². The number of nitrogens with two attached hydrogens (primary N) is 1. The summed E-state index contributed by atoms with van der Waals surface area (Å²) in [5.74, 6) is -1.32. The van der Waals surface area contributed by atoms with E-state index >= 15 is 0 Å². The van der Waals surface area contributed by atoms with Gasteiger partial charge in [-0.3, -0.25) is 9.59 Å².